The third-order valence-electron chi connectivity index (χ3n) is 4.31. The van der Waals surface area contributed by atoms with Crippen LogP contribution < -0.4 is 10.5 Å². The fourth-order valence-electron chi connectivity index (χ4n) is 2.94. The van der Waals surface area contributed by atoms with Gasteiger partial charge in [-0.25, -0.2) is 0 Å². The molecule has 0 amide bonds. The van der Waals surface area contributed by atoms with Gasteiger partial charge in [0.1, 0.15) is 11.7 Å². The number of hydrogen-bond donors (Lipinski definition) is 3. The van der Waals surface area contributed by atoms with Gasteiger partial charge in [-0.3, -0.25) is 14.2 Å². The fraction of sp³-hybridized carbons (Fsp3) is 0.632. The van der Waals surface area contributed by atoms with Crippen LogP contribution in [0, 0.1) is 11.3 Å². The van der Waals surface area contributed by atoms with E-state index in [1.54, 1.807) is 4.31 Å². The highest BCUT2D eigenvalue weighted by Gasteiger charge is 2.43. The largest absolute Gasteiger partial charge is 0.462 e. The third kappa shape index (κ3) is 5.91. The molecule has 156 valence electrons. The van der Waals surface area contributed by atoms with Gasteiger partial charge in [-0.05, 0) is 40.7 Å². The summed E-state index contributed by atoms with van der Waals surface area (Å²) in [5.74, 6) is 0.628. The number of aromatic amines is 1. The molecule has 1 aliphatic heterocycles. The molecule has 8 nitrogen and oxygen atoms in total. The van der Waals surface area contributed by atoms with E-state index in [0.29, 0.717) is 30.9 Å². The predicted molar refractivity (Wildman–Crippen MR) is 111 cm³/mol. The van der Waals surface area contributed by atoms with Crippen LogP contribution in [-0.2, 0) is 21.4 Å². The normalized spacial score (nSPS) is 18.5. The van der Waals surface area contributed by atoms with Crippen molar-refractivity contribution in [3.05, 3.63) is 22.7 Å². The number of aryl methyl sites for hydroxylation is 1. The number of aromatic nitrogens is 2. The van der Waals surface area contributed by atoms with E-state index >= 15 is 0 Å². The summed E-state index contributed by atoms with van der Waals surface area (Å²) in [6.07, 6.45) is 2.55. The molecule has 1 aromatic heterocycles. The summed E-state index contributed by atoms with van der Waals surface area (Å²) < 4.78 is 11.9. The number of nitrogens with one attached hydrogen (secondary N) is 1. The molecule has 1 unspecified atom stereocenters. The molecule has 0 saturated carbocycles. The molecule has 1 atom stereocenters. The molecule has 0 aromatic carbocycles. The van der Waals surface area contributed by atoms with Crippen LogP contribution in [0.3, 0.4) is 0 Å². The Kier molecular flexibility index (Phi) is 8.39. The number of fused-ring (bicyclic) bond motifs is 1. The molecular weight excluding hydrogens is 378 g/mol. The van der Waals surface area contributed by atoms with Gasteiger partial charge < -0.3 is 15.2 Å². The zero-order valence-electron chi connectivity index (χ0n) is 17.5. The van der Waals surface area contributed by atoms with E-state index in [0.717, 1.165) is 24.1 Å². The second-order valence-corrected chi connectivity index (χ2v) is 8.56. The van der Waals surface area contributed by atoms with Crippen LogP contribution >= 0.6 is 12.8 Å². The minimum absolute atomic E-state index is 0.142. The Hall–Kier alpha value is -2.18. The number of nitriles is 1. The van der Waals surface area contributed by atoms with Crippen LogP contribution in [0.5, 0.6) is 5.88 Å². The number of carbonyl (C=O) groups excluding carboxylic acids is 1. The number of nitrogens with two attached hydrogens (primary N) is 1. The maximum atomic E-state index is 9.60. The number of H-pyrrole nitrogens is 1. The van der Waals surface area contributed by atoms with Crippen molar-refractivity contribution in [1.29, 1.82) is 5.26 Å². The molecule has 0 spiro atoms. The summed E-state index contributed by atoms with van der Waals surface area (Å²) in [6, 6.07) is 2.21. The van der Waals surface area contributed by atoms with Crippen LogP contribution in [0.25, 0.3) is 0 Å². The number of ether oxygens (including phenoxy) is 2. The van der Waals surface area contributed by atoms with Crippen molar-refractivity contribution in [2.45, 2.75) is 64.9 Å². The Labute approximate surface area is 172 Å². The van der Waals surface area contributed by atoms with Crippen LogP contribution in [0.15, 0.2) is 11.5 Å². The zero-order valence-corrected chi connectivity index (χ0v) is 18.4. The number of carbonyl (C=O) groups is 1. The molecular formula is C19H31N5O3S. The number of hydrogen-bond acceptors (Lipinski definition) is 8. The quantitative estimate of drug-likeness (QED) is 0.488. The Morgan fingerprint density at radius 1 is 1.50 bits per heavy atom. The second-order valence-electron chi connectivity index (χ2n) is 7.88. The standard InChI is InChI=1S/C14H21N5OS.C5H10O2/c1-4-5-10-11-13(18-17-10)20-12(16)9(8-15)14(11,2)6-7-19(3)21;1-5(2,3)7-4-6/h21H,4-7,16H2,1-3H3,(H,17,18);4H,1-3H3. The molecule has 2 heterocycles. The highest BCUT2D eigenvalue weighted by molar-refractivity contribution is 7.77. The van der Waals surface area contributed by atoms with E-state index in [2.05, 4.69) is 40.7 Å². The maximum Gasteiger partial charge on any atom is 0.293 e. The third-order valence-corrected chi connectivity index (χ3v) is 4.51. The van der Waals surface area contributed by atoms with Gasteiger partial charge in [-0.2, -0.15) is 5.26 Å². The molecule has 1 aliphatic rings. The van der Waals surface area contributed by atoms with E-state index in [1.807, 2.05) is 34.7 Å². The number of allylic oxidation sites excluding steroid dienone is 1. The summed E-state index contributed by atoms with van der Waals surface area (Å²) in [4.78, 5) is 9.60. The second kappa shape index (κ2) is 9.85. The molecule has 0 saturated heterocycles. The zero-order chi connectivity index (χ0) is 21.5. The average Bonchev–Trinajstić information content (AvgIpc) is 2.96. The number of thiol groups is 1. The van der Waals surface area contributed by atoms with Gasteiger partial charge in [-0.1, -0.05) is 33.1 Å². The molecule has 2 rings (SSSR count). The van der Waals surface area contributed by atoms with Gasteiger partial charge >= 0.3 is 0 Å². The van der Waals surface area contributed by atoms with E-state index in [-0.39, 0.29) is 11.5 Å². The maximum absolute atomic E-state index is 9.60. The Morgan fingerprint density at radius 3 is 2.57 bits per heavy atom. The lowest BCUT2D eigenvalue weighted by atomic mass is 9.72. The van der Waals surface area contributed by atoms with Gasteiger partial charge in [-0.15, -0.1) is 5.10 Å². The Bertz CT molecular complexity index is 746. The average molecular weight is 410 g/mol. The predicted octanol–water partition coefficient (Wildman–Crippen LogP) is 2.83. The minimum Gasteiger partial charge on any atom is -0.462 e. The van der Waals surface area contributed by atoms with Crippen LogP contribution in [0.4, 0.5) is 0 Å². The summed E-state index contributed by atoms with van der Waals surface area (Å²) in [7, 11) is 1.88. The lowest BCUT2D eigenvalue weighted by molar-refractivity contribution is -0.138. The van der Waals surface area contributed by atoms with Gasteiger partial charge in [0, 0.05) is 23.2 Å². The molecule has 9 heteroatoms. The van der Waals surface area contributed by atoms with Gasteiger partial charge in [0.25, 0.3) is 6.47 Å². The summed E-state index contributed by atoms with van der Waals surface area (Å²) in [5.41, 5.74) is 7.51. The van der Waals surface area contributed by atoms with Crippen LogP contribution in [0.1, 0.15) is 58.7 Å². The first-order chi connectivity index (χ1) is 13.0. The Balaban J connectivity index is 0.000000480. The molecule has 0 aliphatic carbocycles. The number of nitrogens with zero attached hydrogens (tertiary/aromatic N) is 3. The van der Waals surface area contributed by atoms with Crippen molar-refractivity contribution in [3.63, 3.8) is 0 Å². The molecule has 1 aromatic rings. The monoisotopic (exact) mass is 409 g/mol. The highest BCUT2D eigenvalue weighted by atomic mass is 32.1. The first-order valence-electron chi connectivity index (χ1n) is 9.17. The first kappa shape index (κ1) is 23.9. The van der Waals surface area contributed by atoms with Crippen molar-refractivity contribution in [2.24, 2.45) is 5.73 Å². The first-order valence-corrected chi connectivity index (χ1v) is 9.57. The SMILES string of the molecule is CC(C)(C)OC=O.CCCc1[nH]nc2c1C(C)(CCN(C)S)C(C#N)=C(N)O2. The van der Waals surface area contributed by atoms with Crippen molar-refractivity contribution in [2.75, 3.05) is 13.6 Å². The molecule has 0 fully saturated rings. The minimum atomic E-state index is -0.513. The van der Waals surface area contributed by atoms with Crippen molar-refractivity contribution < 1.29 is 14.3 Å². The van der Waals surface area contributed by atoms with Crippen LogP contribution in [0.2, 0.25) is 0 Å². The van der Waals surface area contributed by atoms with E-state index in [1.165, 1.54) is 0 Å². The van der Waals surface area contributed by atoms with Gasteiger partial charge in [0.05, 0.1) is 5.57 Å². The topological polar surface area (TPSA) is 117 Å². The van der Waals surface area contributed by atoms with E-state index < -0.39 is 5.41 Å². The molecule has 0 radical (unpaired) electrons. The lowest BCUT2D eigenvalue weighted by Crippen LogP contribution is -2.35. The molecule has 3 N–H and O–H groups in total. The molecule has 0 bridgehead atoms. The molecule has 28 heavy (non-hydrogen) atoms. The van der Waals surface area contributed by atoms with Crippen molar-refractivity contribution in [3.8, 4) is 11.9 Å². The van der Waals surface area contributed by atoms with Gasteiger partial charge in [0.15, 0.2) is 0 Å². The van der Waals surface area contributed by atoms with Gasteiger partial charge in [0.2, 0.25) is 11.8 Å². The lowest BCUT2D eigenvalue weighted by Gasteiger charge is -2.34. The van der Waals surface area contributed by atoms with Crippen molar-refractivity contribution >= 4 is 19.3 Å². The summed E-state index contributed by atoms with van der Waals surface area (Å²) in [6.45, 7) is 10.8. The van der Waals surface area contributed by atoms with E-state index in [4.69, 9.17) is 10.5 Å². The van der Waals surface area contributed by atoms with E-state index in [9.17, 15) is 10.1 Å². The number of rotatable bonds is 6. The fourth-order valence-corrected chi connectivity index (χ4v) is 3.04. The highest BCUT2D eigenvalue weighted by Crippen LogP contribution is 2.46. The van der Waals surface area contributed by atoms with Crippen LogP contribution in [-0.4, -0.2) is 40.2 Å². The summed E-state index contributed by atoms with van der Waals surface area (Å²) >= 11 is 4.29. The Morgan fingerprint density at radius 2 is 2.14 bits per heavy atom. The summed E-state index contributed by atoms with van der Waals surface area (Å²) in [5, 5.41) is 16.8. The van der Waals surface area contributed by atoms with Crippen molar-refractivity contribution in [1.82, 2.24) is 14.5 Å². The smallest absolute Gasteiger partial charge is 0.293 e.